The predicted molar refractivity (Wildman–Crippen MR) is 59.7 cm³/mol. The van der Waals surface area contributed by atoms with Gasteiger partial charge in [-0.05, 0) is 23.6 Å². The van der Waals surface area contributed by atoms with E-state index in [1.807, 2.05) is 11.9 Å². The fourth-order valence-electron chi connectivity index (χ4n) is 1.18. The smallest absolute Gasteiger partial charge is 0.0925 e. The van der Waals surface area contributed by atoms with Crippen molar-refractivity contribution in [3.63, 3.8) is 0 Å². The van der Waals surface area contributed by atoms with E-state index in [0.717, 1.165) is 0 Å². The maximum absolute atomic E-state index is 5.71. The summed E-state index contributed by atoms with van der Waals surface area (Å²) in [5.41, 5.74) is 2.53. The summed E-state index contributed by atoms with van der Waals surface area (Å²) in [6.45, 7) is 4.39. The minimum Gasteiger partial charge on any atom is -0.361 e. The molecule has 0 N–H and O–H groups in total. The Hall–Kier alpha value is -0.690. The van der Waals surface area contributed by atoms with Crippen molar-refractivity contribution in [1.29, 1.82) is 0 Å². The molecule has 0 unspecified atom stereocenters. The fraction of sp³-hybridized carbons (Fsp3) is 0.455. The zero-order valence-electron chi connectivity index (χ0n) is 8.42. The van der Waals surface area contributed by atoms with Gasteiger partial charge in [-0.25, -0.2) is 0 Å². The van der Waals surface area contributed by atoms with Gasteiger partial charge in [-0.2, -0.15) is 0 Å². The highest BCUT2D eigenvalue weighted by molar-refractivity contribution is 6.18. The van der Waals surface area contributed by atoms with Crippen molar-refractivity contribution in [2.75, 3.05) is 18.0 Å². The van der Waals surface area contributed by atoms with Crippen LogP contribution in [-0.2, 0) is 0 Å². The Labute approximate surface area is 85.3 Å². The van der Waals surface area contributed by atoms with Crippen molar-refractivity contribution >= 4 is 17.3 Å². The van der Waals surface area contributed by atoms with E-state index in [1.54, 1.807) is 0 Å². The van der Waals surface area contributed by atoms with Crippen LogP contribution in [0.2, 0.25) is 0 Å². The van der Waals surface area contributed by atoms with E-state index in [4.69, 9.17) is 11.6 Å². The molecule has 0 aliphatic heterocycles. The highest BCUT2D eigenvalue weighted by Gasteiger charge is 2.00. The summed E-state index contributed by atoms with van der Waals surface area (Å²) < 4.78 is 0. The molecular formula is C11H16ClN. The van der Waals surface area contributed by atoms with E-state index in [2.05, 4.69) is 38.1 Å². The quantitative estimate of drug-likeness (QED) is 0.530. The molecule has 0 aromatic heterocycles. The SMILES string of the molecule is CC(C)c1ccc(N(C)CCl)cc1. The molecule has 0 spiro atoms. The number of hydrogen-bond donors (Lipinski definition) is 0. The van der Waals surface area contributed by atoms with E-state index in [-0.39, 0.29) is 0 Å². The fourth-order valence-corrected chi connectivity index (χ4v) is 1.32. The topological polar surface area (TPSA) is 3.24 Å². The number of nitrogens with zero attached hydrogens (tertiary/aromatic N) is 1. The van der Waals surface area contributed by atoms with Crippen molar-refractivity contribution < 1.29 is 0 Å². The van der Waals surface area contributed by atoms with Crippen LogP contribution in [0.5, 0.6) is 0 Å². The predicted octanol–water partition coefficient (Wildman–Crippen LogP) is 3.44. The monoisotopic (exact) mass is 197 g/mol. The van der Waals surface area contributed by atoms with Gasteiger partial charge in [-0.15, -0.1) is 11.6 Å². The molecule has 0 aliphatic carbocycles. The summed E-state index contributed by atoms with van der Waals surface area (Å²) in [5.74, 6) is 0.593. The van der Waals surface area contributed by atoms with Crippen LogP contribution in [0.25, 0.3) is 0 Å². The summed E-state index contributed by atoms with van der Waals surface area (Å²) in [5, 5.41) is 0. The van der Waals surface area contributed by atoms with Crippen LogP contribution in [0.15, 0.2) is 24.3 Å². The average Bonchev–Trinajstić information content (AvgIpc) is 2.17. The average molecular weight is 198 g/mol. The van der Waals surface area contributed by atoms with Gasteiger partial charge in [0.2, 0.25) is 0 Å². The Bertz CT molecular complexity index is 253. The van der Waals surface area contributed by atoms with Crippen molar-refractivity contribution in [1.82, 2.24) is 0 Å². The van der Waals surface area contributed by atoms with Gasteiger partial charge in [0, 0.05) is 12.7 Å². The molecular weight excluding hydrogens is 182 g/mol. The second kappa shape index (κ2) is 4.52. The molecule has 0 radical (unpaired) electrons. The van der Waals surface area contributed by atoms with Gasteiger partial charge in [0.1, 0.15) is 0 Å². The Morgan fingerprint density at radius 1 is 1.23 bits per heavy atom. The van der Waals surface area contributed by atoms with Crippen molar-refractivity contribution in [2.45, 2.75) is 19.8 Å². The molecule has 0 heterocycles. The first-order chi connectivity index (χ1) is 6.15. The molecule has 72 valence electrons. The zero-order chi connectivity index (χ0) is 9.84. The summed E-state index contributed by atoms with van der Waals surface area (Å²) in [6, 6.07) is 9.06. The van der Waals surface area contributed by atoms with Crippen LogP contribution in [0, 0.1) is 0 Å². The number of anilines is 1. The Balaban J connectivity index is 2.81. The van der Waals surface area contributed by atoms with Crippen molar-refractivity contribution in [3.05, 3.63) is 29.8 Å². The Kier molecular flexibility index (Phi) is 3.61. The lowest BCUT2D eigenvalue weighted by Gasteiger charge is -2.16. The van der Waals surface area contributed by atoms with E-state index >= 15 is 0 Å². The number of hydrogen-bond acceptors (Lipinski definition) is 1. The zero-order valence-corrected chi connectivity index (χ0v) is 9.17. The van der Waals surface area contributed by atoms with Crippen LogP contribution in [-0.4, -0.2) is 13.1 Å². The second-order valence-corrected chi connectivity index (χ2v) is 3.80. The highest BCUT2D eigenvalue weighted by Crippen LogP contribution is 2.19. The van der Waals surface area contributed by atoms with Crippen molar-refractivity contribution in [2.24, 2.45) is 0 Å². The summed E-state index contributed by atoms with van der Waals surface area (Å²) in [6.07, 6.45) is 0. The lowest BCUT2D eigenvalue weighted by atomic mass is 10.0. The Morgan fingerprint density at radius 2 is 1.77 bits per heavy atom. The minimum atomic E-state index is 0.529. The molecule has 0 fully saturated rings. The van der Waals surface area contributed by atoms with Crippen LogP contribution < -0.4 is 4.90 Å². The van der Waals surface area contributed by atoms with Gasteiger partial charge in [-0.1, -0.05) is 26.0 Å². The molecule has 2 heteroatoms. The van der Waals surface area contributed by atoms with Gasteiger partial charge in [0.05, 0.1) is 6.00 Å². The summed E-state index contributed by atoms with van der Waals surface area (Å²) >= 11 is 5.71. The van der Waals surface area contributed by atoms with Crippen LogP contribution >= 0.6 is 11.6 Å². The van der Waals surface area contributed by atoms with E-state index in [0.29, 0.717) is 11.9 Å². The molecule has 0 atom stereocenters. The standard InChI is InChI=1S/C11H16ClN/c1-9(2)10-4-6-11(7-5-10)13(3)8-12/h4-7,9H,8H2,1-3H3. The van der Waals surface area contributed by atoms with Gasteiger partial charge < -0.3 is 4.90 Å². The van der Waals surface area contributed by atoms with Gasteiger partial charge in [0.15, 0.2) is 0 Å². The molecule has 1 rings (SSSR count). The first-order valence-electron chi connectivity index (χ1n) is 4.52. The summed E-state index contributed by atoms with van der Waals surface area (Å²) in [7, 11) is 1.98. The summed E-state index contributed by atoms with van der Waals surface area (Å²) in [4.78, 5) is 2.01. The largest absolute Gasteiger partial charge is 0.361 e. The number of alkyl halides is 1. The molecule has 0 bridgehead atoms. The molecule has 0 amide bonds. The van der Waals surface area contributed by atoms with E-state index in [9.17, 15) is 0 Å². The maximum atomic E-state index is 5.71. The number of rotatable bonds is 3. The molecule has 13 heavy (non-hydrogen) atoms. The molecule has 0 saturated carbocycles. The number of benzene rings is 1. The maximum Gasteiger partial charge on any atom is 0.0925 e. The van der Waals surface area contributed by atoms with E-state index < -0.39 is 0 Å². The third-order valence-electron chi connectivity index (χ3n) is 2.18. The third-order valence-corrected chi connectivity index (χ3v) is 2.54. The lowest BCUT2D eigenvalue weighted by Crippen LogP contribution is -2.13. The highest BCUT2D eigenvalue weighted by atomic mass is 35.5. The van der Waals surface area contributed by atoms with Crippen molar-refractivity contribution in [3.8, 4) is 0 Å². The van der Waals surface area contributed by atoms with Crippen LogP contribution in [0.1, 0.15) is 25.3 Å². The molecule has 0 aliphatic rings. The van der Waals surface area contributed by atoms with E-state index in [1.165, 1.54) is 11.3 Å². The molecule has 0 saturated heterocycles. The Morgan fingerprint density at radius 3 is 2.15 bits per heavy atom. The van der Waals surface area contributed by atoms with Crippen LogP contribution in [0.4, 0.5) is 5.69 Å². The third kappa shape index (κ3) is 2.63. The lowest BCUT2D eigenvalue weighted by molar-refractivity contribution is 0.866. The molecule has 1 nitrogen and oxygen atoms in total. The minimum absolute atomic E-state index is 0.529. The molecule has 1 aromatic rings. The molecule has 1 aromatic carbocycles. The van der Waals surface area contributed by atoms with Gasteiger partial charge in [0.25, 0.3) is 0 Å². The van der Waals surface area contributed by atoms with Gasteiger partial charge >= 0.3 is 0 Å². The first kappa shape index (κ1) is 10.4. The van der Waals surface area contributed by atoms with Gasteiger partial charge in [-0.3, -0.25) is 0 Å². The van der Waals surface area contributed by atoms with Crippen LogP contribution in [0.3, 0.4) is 0 Å². The second-order valence-electron chi connectivity index (χ2n) is 3.56. The normalized spacial score (nSPS) is 10.5. The number of halogens is 1. The first-order valence-corrected chi connectivity index (χ1v) is 5.05.